The summed E-state index contributed by atoms with van der Waals surface area (Å²) in [5, 5.41) is 4.73. The summed E-state index contributed by atoms with van der Waals surface area (Å²) in [4.78, 5) is 51.2. The predicted octanol–water partition coefficient (Wildman–Crippen LogP) is 2.09. The number of piperazine rings is 1. The molecule has 3 heterocycles. The third kappa shape index (κ3) is 6.70. The minimum atomic E-state index is -0.451. The number of rotatable bonds is 7. The van der Waals surface area contributed by atoms with Crippen LogP contribution in [0.25, 0.3) is 6.08 Å². The number of urea groups is 1. The number of benzene rings is 1. The number of amides is 4. The minimum Gasteiger partial charge on any atom is -0.476 e. The molecule has 2 saturated heterocycles. The topological polar surface area (TPSA) is 120 Å². The van der Waals surface area contributed by atoms with E-state index in [1.807, 2.05) is 54.2 Å². The van der Waals surface area contributed by atoms with Gasteiger partial charge in [0.15, 0.2) is 0 Å². The van der Waals surface area contributed by atoms with E-state index in [0.29, 0.717) is 56.9 Å². The first-order chi connectivity index (χ1) is 16.9. The Morgan fingerprint density at radius 2 is 1.91 bits per heavy atom. The molecule has 0 aliphatic carbocycles. The van der Waals surface area contributed by atoms with Gasteiger partial charge < -0.3 is 24.8 Å². The molecule has 12 heteroatoms. The number of likely N-dealkylation sites (N-methyl/N-ethyl adjacent to an activating group) is 1. The Balaban J connectivity index is 1.46. The first-order valence-electron chi connectivity index (χ1n) is 11.1. The average Bonchev–Trinajstić information content (AvgIpc) is 3.15. The largest absolute Gasteiger partial charge is 0.476 e. The van der Waals surface area contributed by atoms with Crippen molar-refractivity contribution in [2.75, 3.05) is 63.6 Å². The number of para-hydroxylation sites is 1. The highest BCUT2D eigenvalue weighted by atomic mass is 32.2. The second-order valence-corrected chi connectivity index (χ2v) is 9.22. The van der Waals surface area contributed by atoms with Crippen LogP contribution >= 0.6 is 11.8 Å². The van der Waals surface area contributed by atoms with Crippen LogP contribution in [-0.2, 0) is 4.79 Å². The molecule has 0 atom stereocenters. The molecule has 0 spiro atoms. The second-order valence-electron chi connectivity index (χ2n) is 8.21. The van der Waals surface area contributed by atoms with Gasteiger partial charge in [-0.15, -0.1) is 0 Å². The Bertz CT molecular complexity index is 1120. The van der Waals surface area contributed by atoms with Crippen LogP contribution in [0.15, 0.2) is 41.3 Å². The van der Waals surface area contributed by atoms with Crippen molar-refractivity contribution in [3.8, 4) is 5.88 Å². The van der Waals surface area contributed by atoms with Crippen LogP contribution in [0, 0.1) is 0 Å². The van der Waals surface area contributed by atoms with Gasteiger partial charge in [-0.05, 0) is 44.1 Å². The number of thioether (sulfide) groups is 1. The van der Waals surface area contributed by atoms with Crippen LogP contribution in [0.5, 0.6) is 5.88 Å². The number of carbonyl (C=O) groups excluding carboxylic acids is 3. The van der Waals surface area contributed by atoms with Crippen LogP contribution in [0.4, 0.5) is 21.2 Å². The van der Waals surface area contributed by atoms with Gasteiger partial charge in [0.2, 0.25) is 11.8 Å². The number of aromatic nitrogens is 2. The molecule has 0 radical (unpaired) electrons. The monoisotopic (exact) mass is 497 g/mol. The number of ether oxygens (including phenoxy) is 1. The molecule has 2 aliphatic heterocycles. The molecular formula is C23H27N7O4S. The highest BCUT2D eigenvalue weighted by molar-refractivity contribution is 8.18. The van der Waals surface area contributed by atoms with Gasteiger partial charge in [0.25, 0.3) is 11.1 Å². The van der Waals surface area contributed by atoms with Gasteiger partial charge in [-0.2, -0.15) is 4.98 Å². The summed E-state index contributed by atoms with van der Waals surface area (Å²) < 4.78 is 5.83. The van der Waals surface area contributed by atoms with E-state index >= 15 is 0 Å². The molecule has 0 saturated carbocycles. The van der Waals surface area contributed by atoms with Crippen molar-refractivity contribution in [1.82, 2.24) is 25.1 Å². The molecule has 0 unspecified atom stereocenters. The molecule has 4 rings (SSSR count). The van der Waals surface area contributed by atoms with Crippen molar-refractivity contribution in [2.45, 2.75) is 0 Å². The molecule has 2 N–H and O–H groups in total. The zero-order valence-corrected chi connectivity index (χ0v) is 20.4. The molecule has 1 aromatic heterocycles. The third-order valence-corrected chi connectivity index (χ3v) is 6.11. The first-order valence-corrected chi connectivity index (χ1v) is 12.0. The van der Waals surface area contributed by atoms with Crippen LogP contribution in [-0.4, -0.2) is 90.4 Å². The molecule has 35 heavy (non-hydrogen) atoms. The lowest BCUT2D eigenvalue weighted by molar-refractivity contribution is -0.115. The van der Waals surface area contributed by atoms with Crippen molar-refractivity contribution in [3.63, 3.8) is 0 Å². The van der Waals surface area contributed by atoms with Gasteiger partial charge >= 0.3 is 6.03 Å². The number of carbonyl (C=O) groups is 3. The third-order valence-electron chi connectivity index (χ3n) is 5.29. The van der Waals surface area contributed by atoms with Crippen molar-refractivity contribution >= 4 is 46.7 Å². The Hall–Kier alpha value is -3.64. The van der Waals surface area contributed by atoms with E-state index < -0.39 is 11.1 Å². The standard InChI is InChI=1S/C23H27N7O4S/c1-28(2)12-13-34-19-15-17(14-18-20(31)27-23(33)35-18)24-21(26-19)29-8-10-30(11-9-29)22(32)25-16-6-4-3-5-7-16/h3-7,14-15H,8-13H2,1-2H3,(H,25,32)(H,27,31,33). The summed E-state index contributed by atoms with van der Waals surface area (Å²) in [6.07, 6.45) is 1.55. The fourth-order valence-corrected chi connectivity index (χ4v) is 4.11. The number of imide groups is 1. The quantitative estimate of drug-likeness (QED) is 0.554. The van der Waals surface area contributed by atoms with E-state index in [4.69, 9.17) is 4.74 Å². The summed E-state index contributed by atoms with van der Waals surface area (Å²) in [7, 11) is 3.90. The zero-order chi connectivity index (χ0) is 24.8. The number of anilines is 2. The van der Waals surface area contributed by atoms with Crippen LogP contribution in [0.2, 0.25) is 0 Å². The van der Waals surface area contributed by atoms with Crippen molar-refractivity contribution in [1.29, 1.82) is 0 Å². The van der Waals surface area contributed by atoms with E-state index in [0.717, 1.165) is 17.4 Å². The zero-order valence-electron chi connectivity index (χ0n) is 19.6. The summed E-state index contributed by atoms with van der Waals surface area (Å²) >= 11 is 0.831. The van der Waals surface area contributed by atoms with Crippen LogP contribution in [0.1, 0.15) is 5.69 Å². The maximum absolute atomic E-state index is 12.6. The fraction of sp³-hybridized carbons (Fsp3) is 0.348. The maximum atomic E-state index is 12.6. The molecule has 1 aromatic carbocycles. The Labute approximate surface area is 207 Å². The Morgan fingerprint density at radius 1 is 1.17 bits per heavy atom. The van der Waals surface area contributed by atoms with E-state index in [1.165, 1.54) is 0 Å². The number of nitrogens with one attached hydrogen (secondary N) is 2. The molecule has 2 fully saturated rings. The normalized spacial score (nSPS) is 17.2. The van der Waals surface area contributed by atoms with E-state index in [2.05, 4.69) is 20.6 Å². The van der Waals surface area contributed by atoms with Crippen molar-refractivity contribution in [3.05, 3.63) is 47.0 Å². The average molecular weight is 498 g/mol. The molecule has 184 valence electrons. The van der Waals surface area contributed by atoms with Gasteiger partial charge in [-0.3, -0.25) is 14.9 Å². The molecule has 2 aromatic rings. The van der Waals surface area contributed by atoms with Gasteiger partial charge in [-0.1, -0.05) is 18.2 Å². The number of hydrogen-bond donors (Lipinski definition) is 2. The van der Waals surface area contributed by atoms with E-state index in [9.17, 15) is 14.4 Å². The Morgan fingerprint density at radius 3 is 2.57 bits per heavy atom. The molecule has 11 nitrogen and oxygen atoms in total. The SMILES string of the molecule is CN(C)CCOc1cc(C=C2SC(=O)NC2=O)nc(N2CCN(C(=O)Nc3ccccc3)CC2)n1. The lowest BCUT2D eigenvalue weighted by atomic mass is 10.3. The highest BCUT2D eigenvalue weighted by Gasteiger charge is 2.26. The number of nitrogens with zero attached hydrogens (tertiary/aromatic N) is 5. The molecular weight excluding hydrogens is 470 g/mol. The van der Waals surface area contributed by atoms with E-state index in [1.54, 1.807) is 17.0 Å². The summed E-state index contributed by atoms with van der Waals surface area (Å²) in [6, 6.07) is 10.8. The van der Waals surface area contributed by atoms with Gasteiger partial charge in [0.1, 0.15) is 6.61 Å². The predicted molar refractivity (Wildman–Crippen MR) is 134 cm³/mol. The fourth-order valence-electron chi connectivity index (χ4n) is 3.44. The van der Waals surface area contributed by atoms with Crippen molar-refractivity contribution < 1.29 is 19.1 Å². The molecule has 4 amide bonds. The first kappa shape index (κ1) is 24.5. The smallest absolute Gasteiger partial charge is 0.321 e. The summed E-state index contributed by atoms with van der Waals surface area (Å²) in [5.74, 6) is 0.369. The van der Waals surface area contributed by atoms with Crippen LogP contribution < -0.4 is 20.3 Å². The van der Waals surface area contributed by atoms with Crippen LogP contribution in [0.3, 0.4) is 0 Å². The maximum Gasteiger partial charge on any atom is 0.321 e. The van der Waals surface area contributed by atoms with Gasteiger partial charge in [0, 0.05) is 44.5 Å². The van der Waals surface area contributed by atoms with Crippen molar-refractivity contribution in [2.24, 2.45) is 0 Å². The summed E-state index contributed by atoms with van der Waals surface area (Å²) in [6.45, 7) is 3.20. The molecule has 2 aliphatic rings. The Kier molecular flexibility index (Phi) is 7.83. The lowest BCUT2D eigenvalue weighted by Crippen LogP contribution is -2.50. The minimum absolute atomic E-state index is 0.156. The summed E-state index contributed by atoms with van der Waals surface area (Å²) in [5.41, 5.74) is 1.21. The van der Waals surface area contributed by atoms with Gasteiger partial charge in [-0.25, -0.2) is 9.78 Å². The second kappa shape index (κ2) is 11.2. The lowest BCUT2D eigenvalue weighted by Gasteiger charge is -2.34. The highest BCUT2D eigenvalue weighted by Crippen LogP contribution is 2.27. The molecule has 0 bridgehead atoms. The van der Waals surface area contributed by atoms with E-state index in [-0.39, 0.29) is 10.9 Å². The van der Waals surface area contributed by atoms with Gasteiger partial charge in [0.05, 0.1) is 10.6 Å². The number of hydrogen-bond acceptors (Lipinski definition) is 9.